The second kappa shape index (κ2) is 8.92. The van der Waals surface area contributed by atoms with Crippen molar-refractivity contribution in [2.45, 2.75) is 41.2 Å². The molecule has 0 amide bonds. The fraction of sp³-hybridized carbons (Fsp3) is 0.476. The second-order valence-corrected chi connectivity index (χ2v) is 12.8. The summed E-state index contributed by atoms with van der Waals surface area (Å²) in [4.78, 5) is 12.3. The average Bonchev–Trinajstić information content (AvgIpc) is 2.97. The minimum atomic E-state index is -4.35. The lowest BCUT2D eigenvalue weighted by Gasteiger charge is -2.20. The van der Waals surface area contributed by atoms with Gasteiger partial charge in [-0.15, -0.1) is 0 Å². The minimum Gasteiger partial charge on any atom is -0.444 e. The first-order chi connectivity index (χ1) is 14.2. The van der Waals surface area contributed by atoms with E-state index < -0.39 is 15.0 Å². The average molecular weight is 606 g/mol. The van der Waals surface area contributed by atoms with E-state index in [2.05, 4.69) is 31.9 Å². The smallest absolute Gasteiger partial charge is 0.416 e. The van der Waals surface area contributed by atoms with E-state index >= 15 is 0 Å². The Balaban J connectivity index is 1.55. The number of carbonyl (C=O) groups excluding carboxylic acids is 1. The number of aromatic nitrogens is 1. The second-order valence-electron chi connectivity index (χ2n) is 8.27. The lowest BCUT2D eigenvalue weighted by atomic mass is 10.1. The number of esters is 1. The van der Waals surface area contributed by atoms with E-state index in [0.717, 1.165) is 23.3 Å². The number of halogens is 7. The first-order valence-corrected chi connectivity index (χ1v) is 11.9. The third-order valence-corrected chi connectivity index (χ3v) is 9.01. The van der Waals surface area contributed by atoms with Gasteiger partial charge in [0.2, 0.25) is 0 Å². The lowest BCUT2D eigenvalue weighted by Crippen LogP contribution is -2.23. The van der Waals surface area contributed by atoms with Crippen LogP contribution in [0.4, 0.5) is 13.2 Å². The zero-order valence-corrected chi connectivity index (χ0v) is 21.3. The lowest BCUT2D eigenvalue weighted by molar-refractivity contribution is -0.150. The zero-order valence-electron chi connectivity index (χ0n) is 16.6. The van der Waals surface area contributed by atoms with Crippen LogP contribution in [0.15, 0.2) is 42.7 Å². The van der Waals surface area contributed by atoms with E-state index in [9.17, 15) is 18.0 Å². The predicted molar refractivity (Wildman–Crippen MR) is 122 cm³/mol. The van der Waals surface area contributed by atoms with Gasteiger partial charge in [-0.25, -0.2) is 0 Å². The monoisotopic (exact) mass is 603 g/mol. The molecule has 0 saturated heterocycles. The molecule has 10 heteroatoms. The first kappa shape index (κ1) is 24.9. The van der Waals surface area contributed by atoms with Crippen molar-refractivity contribution in [1.82, 2.24) is 4.57 Å². The molecular weight excluding hydrogens is 586 g/mol. The molecule has 1 saturated carbocycles. The Morgan fingerprint density at radius 2 is 1.81 bits per heavy atom. The Bertz CT molecular complexity index is 939. The number of hydrogen-bond acceptors (Lipinski definition) is 2. The Hall–Kier alpha value is -0.700. The Morgan fingerprint density at radius 1 is 1.19 bits per heavy atom. The van der Waals surface area contributed by atoms with Crippen LogP contribution in [0.5, 0.6) is 0 Å². The highest BCUT2D eigenvalue weighted by atomic mass is 79.9. The number of hydrogen-bond donors (Lipinski definition) is 0. The van der Waals surface area contributed by atoms with Gasteiger partial charge in [-0.2, -0.15) is 13.2 Å². The van der Waals surface area contributed by atoms with Crippen LogP contribution in [-0.2, 0) is 28.9 Å². The summed E-state index contributed by atoms with van der Waals surface area (Å²) in [5.74, 6) is -0.759. The van der Waals surface area contributed by atoms with Crippen LogP contribution in [-0.4, -0.2) is 18.6 Å². The van der Waals surface area contributed by atoms with Crippen LogP contribution in [0.25, 0.3) is 0 Å². The van der Waals surface area contributed by atoms with Crippen LogP contribution in [0, 0.1) is 17.3 Å². The molecule has 0 N–H and O–H groups in total. The molecule has 1 aliphatic rings. The minimum absolute atomic E-state index is 0.0410. The van der Waals surface area contributed by atoms with Crippen molar-refractivity contribution < 1.29 is 22.7 Å². The summed E-state index contributed by atoms with van der Waals surface area (Å²) in [7, 11) is 0. The van der Waals surface area contributed by atoms with Gasteiger partial charge in [0.15, 0.2) is 9.97 Å². The van der Waals surface area contributed by atoms with Gasteiger partial charge in [0.1, 0.15) is 0 Å². The molecule has 1 aliphatic carbocycles. The maximum absolute atomic E-state index is 12.7. The molecule has 0 bridgehead atoms. The van der Waals surface area contributed by atoms with Crippen molar-refractivity contribution in [2.75, 3.05) is 0 Å². The van der Waals surface area contributed by atoms with E-state index in [1.807, 2.05) is 19.9 Å². The van der Waals surface area contributed by atoms with E-state index in [4.69, 9.17) is 27.9 Å². The normalized spacial score (nSPS) is 21.6. The van der Waals surface area contributed by atoms with Gasteiger partial charge in [0.25, 0.3) is 0 Å². The van der Waals surface area contributed by atoms with Gasteiger partial charge in [0.05, 0.1) is 16.3 Å². The van der Waals surface area contributed by atoms with Crippen LogP contribution >= 0.6 is 55.1 Å². The molecule has 0 radical (unpaired) electrons. The van der Waals surface area contributed by atoms with Crippen molar-refractivity contribution in [2.24, 2.45) is 17.3 Å². The van der Waals surface area contributed by atoms with Crippen molar-refractivity contribution in [3.8, 4) is 0 Å². The Labute approximate surface area is 205 Å². The highest BCUT2D eigenvalue weighted by molar-refractivity contribution is 9.13. The molecule has 1 aromatic heterocycles. The maximum Gasteiger partial charge on any atom is 0.416 e. The largest absolute Gasteiger partial charge is 0.444 e. The number of carbonyl (C=O) groups is 1. The molecular formula is C21H20Br2Cl2F3NO2. The van der Waals surface area contributed by atoms with Gasteiger partial charge in [-0.05, 0) is 63.0 Å². The van der Waals surface area contributed by atoms with Gasteiger partial charge in [0, 0.05) is 12.4 Å². The van der Waals surface area contributed by atoms with E-state index in [-0.39, 0.29) is 34.8 Å². The quantitative estimate of drug-likeness (QED) is 0.248. The summed E-state index contributed by atoms with van der Waals surface area (Å²) in [6.07, 6.45) is -0.314. The third kappa shape index (κ3) is 5.81. The highest BCUT2D eigenvalue weighted by Crippen LogP contribution is 2.65. The van der Waals surface area contributed by atoms with E-state index in [1.54, 1.807) is 17.0 Å². The molecule has 0 spiro atoms. The SMILES string of the molecule is CC1(C)C(C(=O)OCn2ccc(Cc3ccc(C(F)(F)F)cc3)c2)C1C(Br)C(Cl)(Cl)Br. The fourth-order valence-electron chi connectivity index (χ4n) is 3.83. The summed E-state index contributed by atoms with van der Waals surface area (Å²) in [6, 6.07) is 6.91. The molecule has 3 unspecified atom stereocenters. The number of nitrogens with zero attached hydrogens (tertiary/aromatic N) is 1. The molecule has 1 aromatic carbocycles. The predicted octanol–water partition coefficient (Wildman–Crippen LogP) is 7.16. The van der Waals surface area contributed by atoms with E-state index in [0.29, 0.717) is 6.42 Å². The summed E-state index contributed by atoms with van der Waals surface area (Å²) in [5, 5.41) is 0. The Morgan fingerprint density at radius 3 is 2.35 bits per heavy atom. The van der Waals surface area contributed by atoms with Crippen molar-refractivity contribution >= 4 is 61.0 Å². The molecule has 2 aromatic rings. The molecule has 31 heavy (non-hydrogen) atoms. The highest BCUT2D eigenvalue weighted by Gasteiger charge is 2.67. The standard InChI is InChI=1S/C21H20Br2Cl2F3NO2/c1-19(2)15(17(22)20(23,24)25)16(19)18(30)31-11-29-8-7-13(10-29)9-12-3-5-14(6-4-12)21(26,27)28/h3-8,10,15-17H,9,11H2,1-2H3. The summed E-state index contributed by atoms with van der Waals surface area (Å²) < 4.78 is 44.0. The summed E-state index contributed by atoms with van der Waals surface area (Å²) in [6.45, 7) is 3.96. The van der Waals surface area contributed by atoms with Gasteiger partial charge in [-0.1, -0.05) is 65.1 Å². The Kier molecular flexibility index (Phi) is 7.17. The number of benzene rings is 1. The third-order valence-electron chi connectivity index (χ3n) is 5.65. The number of alkyl halides is 7. The van der Waals surface area contributed by atoms with Crippen LogP contribution in [0.2, 0.25) is 0 Å². The molecule has 1 fully saturated rings. The molecule has 3 rings (SSSR count). The topological polar surface area (TPSA) is 31.2 Å². The van der Waals surface area contributed by atoms with Crippen molar-refractivity contribution in [3.63, 3.8) is 0 Å². The number of rotatable bonds is 7. The molecule has 3 nitrogen and oxygen atoms in total. The van der Waals surface area contributed by atoms with Crippen LogP contribution in [0.3, 0.4) is 0 Å². The number of ether oxygens (including phenoxy) is 1. The zero-order chi connectivity index (χ0) is 23.2. The molecule has 3 atom stereocenters. The molecule has 0 aliphatic heterocycles. The van der Waals surface area contributed by atoms with Crippen molar-refractivity contribution in [3.05, 3.63) is 59.4 Å². The molecule has 1 heterocycles. The summed E-state index contributed by atoms with van der Waals surface area (Å²) in [5.41, 5.74) is 0.676. The fourth-order valence-corrected chi connectivity index (χ4v) is 5.37. The van der Waals surface area contributed by atoms with E-state index in [1.165, 1.54) is 12.1 Å². The molecule has 170 valence electrons. The van der Waals surface area contributed by atoms with Gasteiger partial charge < -0.3 is 9.30 Å². The van der Waals surface area contributed by atoms with Crippen LogP contribution < -0.4 is 0 Å². The van der Waals surface area contributed by atoms with Gasteiger partial charge >= 0.3 is 12.1 Å². The van der Waals surface area contributed by atoms with Crippen molar-refractivity contribution in [1.29, 1.82) is 0 Å². The van der Waals surface area contributed by atoms with Gasteiger partial charge in [-0.3, -0.25) is 4.79 Å². The van der Waals surface area contributed by atoms with Crippen LogP contribution in [0.1, 0.15) is 30.5 Å². The summed E-state index contributed by atoms with van der Waals surface area (Å²) >= 11 is 18.9. The maximum atomic E-state index is 12.7. The first-order valence-electron chi connectivity index (χ1n) is 9.39.